The molecule has 0 aromatic heterocycles. The summed E-state index contributed by atoms with van der Waals surface area (Å²) in [6.07, 6.45) is 0. The zero-order valence-corrected chi connectivity index (χ0v) is 11.1. The number of nitriles is 1. The minimum absolute atomic E-state index is 0.0260. The standard InChI is InChI=1S/C14H9N3O5/c15-5-9-11(7-2-1-3-8(4-7)17(19)20)12-10(22-13(9)16)6-21-14(12)18/h1-4,11H,6,16H2. The van der Waals surface area contributed by atoms with E-state index in [0.717, 1.165) is 0 Å². The van der Waals surface area contributed by atoms with E-state index in [1.807, 2.05) is 6.07 Å². The minimum atomic E-state index is -0.830. The van der Waals surface area contributed by atoms with Crippen LogP contribution in [0.15, 0.2) is 47.1 Å². The second kappa shape index (κ2) is 4.89. The van der Waals surface area contributed by atoms with Crippen LogP contribution >= 0.6 is 0 Å². The molecule has 1 aromatic rings. The largest absolute Gasteiger partial charge is 0.454 e. The Bertz CT molecular complexity index is 803. The Kier molecular flexibility index (Phi) is 3.03. The average molecular weight is 299 g/mol. The van der Waals surface area contributed by atoms with Crippen LogP contribution in [0.4, 0.5) is 5.69 Å². The van der Waals surface area contributed by atoms with E-state index in [-0.39, 0.29) is 35.1 Å². The van der Waals surface area contributed by atoms with Crippen molar-refractivity contribution in [2.75, 3.05) is 6.61 Å². The lowest BCUT2D eigenvalue weighted by atomic mass is 9.83. The van der Waals surface area contributed by atoms with Gasteiger partial charge in [0.2, 0.25) is 5.88 Å². The first-order valence-corrected chi connectivity index (χ1v) is 6.25. The Hall–Kier alpha value is -3.34. The molecule has 0 saturated heterocycles. The van der Waals surface area contributed by atoms with Crippen molar-refractivity contribution in [1.29, 1.82) is 5.26 Å². The first kappa shape index (κ1) is 13.6. The summed E-state index contributed by atoms with van der Waals surface area (Å²) < 4.78 is 10.2. The smallest absolute Gasteiger partial charge is 0.339 e. The van der Waals surface area contributed by atoms with Gasteiger partial charge < -0.3 is 15.2 Å². The monoisotopic (exact) mass is 299 g/mol. The average Bonchev–Trinajstić information content (AvgIpc) is 2.86. The predicted molar refractivity (Wildman–Crippen MR) is 71.7 cm³/mol. The van der Waals surface area contributed by atoms with E-state index in [1.165, 1.54) is 18.2 Å². The maximum Gasteiger partial charge on any atom is 0.339 e. The van der Waals surface area contributed by atoms with Crippen LogP contribution in [-0.4, -0.2) is 17.5 Å². The lowest BCUT2D eigenvalue weighted by Crippen LogP contribution is -2.21. The fraction of sp³-hybridized carbons (Fsp3) is 0.143. The second-order valence-corrected chi connectivity index (χ2v) is 4.69. The number of esters is 1. The fourth-order valence-electron chi connectivity index (χ4n) is 2.51. The van der Waals surface area contributed by atoms with Gasteiger partial charge in [-0.2, -0.15) is 5.26 Å². The lowest BCUT2D eigenvalue weighted by molar-refractivity contribution is -0.384. The number of rotatable bonds is 2. The molecule has 0 spiro atoms. The molecule has 0 bridgehead atoms. The highest BCUT2D eigenvalue weighted by Crippen LogP contribution is 2.42. The number of nitro groups is 1. The molecule has 2 heterocycles. The normalized spacial score (nSPS) is 20.1. The van der Waals surface area contributed by atoms with Gasteiger partial charge in [-0.3, -0.25) is 10.1 Å². The Labute approximate surface area is 124 Å². The number of nitrogens with zero attached hydrogens (tertiary/aromatic N) is 2. The van der Waals surface area contributed by atoms with E-state index < -0.39 is 16.8 Å². The van der Waals surface area contributed by atoms with Crippen LogP contribution in [-0.2, 0) is 14.3 Å². The molecule has 1 atom stereocenters. The number of allylic oxidation sites excluding steroid dienone is 1. The van der Waals surface area contributed by atoms with E-state index >= 15 is 0 Å². The zero-order valence-electron chi connectivity index (χ0n) is 11.1. The molecule has 3 rings (SSSR count). The molecule has 0 amide bonds. The highest BCUT2D eigenvalue weighted by atomic mass is 16.6. The predicted octanol–water partition coefficient (Wildman–Crippen LogP) is 1.21. The number of nitro benzene ring substituents is 1. The number of hydrogen-bond acceptors (Lipinski definition) is 7. The van der Waals surface area contributed by atoms with Gasteiger partial charge in [0.25, 0.3) is 5.69 Å². The quantitative estimate of drug-likeness (QED) is 0.493. The molecule has 0 saturated carbocycles. The minimum Gasteiger partial charge on any atom is -0.454 e. The van der Waals surface area contributed by atoms with Crippen LogP contribution in [0.2, 0.25) is 0 Å². The van der Waals surface area contributed by atoms with Crippen molar-refractivity contribution in [2.24, 2.45) is 5.73 Å². The number of benzene rings is 1. The van der Waals surface area contributed by atoms with Gasteiger partial charge in [-0.05, 0) is 5.56 Å². The van der Waals surface area contributed by atoms with E-state index in [2.05, 4.69) is 0 Å². The van der Waals surface area contributed by atoms with Gasteiger partial charge in [-0.1, -0.05) is 12.1 Å². The van der Waals surface area contributed by atoms with E-state index in [4.69, 9.17) is 15.2 Å². The summed E-state index contributed by atoms with van der Waals surface area (Å²) in [5.74, 6) is -1.34. The first-order valence-electron chi connectivity index (χ1n) is 6.25. The Morgan fingerprint density at radius 2 is 2.23 bits per heavy atom. The van der Waals surface area contributed by atoms with Crippen molar-refractivity contribution < 1.29 is 19.2 Å². The molecule has 2 aliphatic heterocycles. The third-order valence-electron chi connectivity index (χ3n) is 3.47. The Morgan fingerprint density at radius 3 is 2.91 bits per heavy atom. The van der Waals surface area contributed by atoms with Gasteiger partial charge in [-0.25, -0.2) is 4.79 Å². The van der Waals surface area contributed by atoms with Crippen molar-refractivity contribution in [3.05, 3.63) is 62.7 Å². The van der Waals surface area contributed by atoms with Gasteiger partial charge in [0.1, 0.15) is 18.2 Å². The number of carbonyl (C=O) groups is 1. The second-order valence-electron chi connectivity index (χ2n) is 4.69. The van der Waals surface area contributed by atoms with Crippen molar-refractivity contribution in [1.82, 2.24) is 0 Å². The molecule has 22 heavy (non-hydrogen) atoms. The van der Waals surface area contributed by atoms with Gasteiger partial charge in [0, 0.05) is 12.1 Å². The van der Waals surface area contributed by atoms with Crippen molar-refractivity contribution in [3.8, 4) is 6.07 Å². The third kappa shape index (κ3) is 1.96. The highest BCUT2D eigenvalue weighted by Gasteiger charge is 2.41. The molecule has 2 N–H and O–H groups in total. The van der Waals surface area contributed by atoms with Crippen molar-refractivity contribution in [2.45, 2.75) is 5.92 Å². The van der Waals surface area contributed by atoms with Crippen LogP contribution < -0.4 is 5.73 Å². The number of carbonyl (C=O) groups excluding carboxylic acids is 1. The summed E-state index contributed by atoms with van der Waals surface area (Å²) >= 11 is 0. The number of ether oxygens (including phenoxy) is 2. The number of non-ortho nitro benzene ring substituents is 1. The van der Waals surface area contributed by atoms with Crippen LogP contribution in [0.25, 0.3) is 0 Å². The van der Waals surface area contributed by atoms with Crippen LogP contribution in [0.3, 0.4) is 0 Å². The maximum absolute atomic E-state index is 11.9. The third-order valence-corrected chi connectivity index (χ3v) is 3.47. The van der Waals surface area contributed by atoms with Crippen molar-refractivity contribution in [3.63, 3.8) is 0 Å². The van der Waals surface area contributed by atoms with Crippen LogP contribution in [0, 0.1) is 21.4 Å². The first-order chi connectivity index (χ1) is 10.5. The SMILES string of the molecule is N#CC1=C(N)OC2=C(C(=O)OC2)C1c1cccc([N+](=O)[O-])c1. The highest BCUT2D eigenvalue weighted by molar-refractivity contribution is 5.94. The molecule has 2 aliphatic rings. The molecule has 8 heteroatoms. The zero-order chi connectivity index (χ0) is 15.9. The topological polar surface area (TPSA) is 128 Å². The van der Waals surface area contributed by atoms with Gasteiger partial charge in [-0.15, -0.1) is 0 Å². The molecule has 1 aromatic carbocycles. The summed E-state index contributed by atoms with van der Waals surface area (Å²) in [5.41, 5.74) is 6.16. The summed E-state index contributed by atoms with van der Waals surface area (Å²) in [6.45, 7) is -0.0704. The van der Waals surface area contributed by atoms with E-state index in [9.17, 15) is 20.2 Å². The molecular formula is C14H9N3O5. The summed E-state index contributed by atoms with van der Waals surface area (Å²) in [5, 5.41) is 20.2. The molecule has 8 nitrogen and oxygen atoms in total. The number of nitrogens with two attached hydrogens (primary N) is 1. The Morgan fingerprint density at radius 1 is 1.45 bits per heavy atom. The maximum atomic E-state index is 11.9. The molecule has 1 unspecified atom stereocenters. The summed E-state index contributed by atoms with van der Waals surface area (Å²) in [4.78, 5) is 22.3. The summed E-state index contributed by atoms with van der Waals surface area (Å²) in [6, 6.07) is 7.60. The fourth-order valence-corrected chi connectivity index (χ4v) is 2.51. The molecular weight excluding hydrogens is 290 g/mol. The summed E-state index contributed by atoms with van der Waals surface area (Å²) in [7, 11) is 0. The molecule has 110 valence electrons. The Balaban J connectivity index is 2.18. The number of cyclic esters (lactones) is 1. The van der Waals surface area contributed by atoms with Crippen LogP contribution in [0.1, 0.15) is 11.5 Å². The van der Waals surface area contributed by atoms with Gasteiger partial charge in [0.05, 0.1) is 16.4 Å². The van der Waals surface area contributed by atoms with E-state index in [1.54, 1.807) is 6.07 Å². The number of hydrogen-bond donors (Lipinski definition) is 1. The van der Waals surface area contributed by atoms with Gasteiger partial charge >= 0.3 is 5.97 Å². The van der Waals surface area contributed by atoms with Crippen molar-refractivity contribution >= 4 is 11.7 Å². The molecule has 0 radical (unpaired) electrons. The molecule has 0 fully saturated rings. The van der Waals surface area contributed by atoms with Gasteiger partial charge in [0.15, 0.2) is 5.76 Å². The molecule has 0 aliphatic carbocycles. The van der Waals surface area contributed by atoms with E-state index in [0.29, 0.717) is 5.56 Å². The van der Waals surface area contributed by atoms with Crippen LogP contribution in [0.5, 0.6) is 0 Å². The lowest BCUT2D eigenvalue weighted by Gasteiger charge is -2.23.